The van der Waals surface area contributed by atoms with Crippen LogP contribution >= 0.6 is 11.6 Å². The lowest BCUT2D eigenvalue weighted by Gasteiger charge is -2.34. The van der Waals surface area contributed by atoms with Gasteiger partial charge in [-0.25, -0.2) is 13.1 Å². The lowest BCUT2D eigenvalue weighted by Crippen LogP contribution is -2.46. The first-order chi connectivity index (χ1) is 11.9. The molecule has 1 aliphatic rings. The van der Waals surface area contributed by atoms with Gasteiger partial charge in [-0.1, -0.05) is 30.2 Å². The summed E-state index contributed by atoms with van der Waals surface area (Å²) < 4.78 is 31.0. The highest BCUT2D eigenvalue weighted by molar-refractivity contribution is 7.88. The fourth-order valence-electron chi connectivity index (χ4n) is 2.98. The van der Waals surface area contributed by atoms with Crippen molar-refractivity contribution in [2.24, 2.45) is 0 Å². The molecule has 1 saturated heterocycles. The molecule has 0 aliphatic carbocycles. The predicted molar refractivity (Wildman–Crippen MR) is 95.6 cm³/mol. The summed E-state index contributed by atoms with van der Waals surface area (Å²) in [6.07, 6.45) is 4.27. The van der Waals surface area contributed by atoms with Gasteiger partial charge in [0.15, 0.2) is 0 Å². The maximum absolute atomic E-state index is 11.3. The molecule has 0 bridgehead atoms. The van der Waals surface area contributed by atoms with Crippen molar-refractivity contribution >= 4 is 21.6 Å². The van der Waals surface area contributed by atoms with Gasteiger partial charge in [0, 0.05) is 12.6 Å². The molecule has 1 fully saturated rings. The van der Waals surface area contributed by atoms with E-state index in [1.165, 1.54) is 6.26 Å². The minimum atomic E-state index is -3.20. The maximum Gasteiger partial charge on any atom is 0.249 e. The zero-order chi connectivity index (χ0) is 17.9. The van der Waals surface area contributed by atoms with E-state index in [0.29, 0.717) is 35.5 Å². The van der Waals surface area contributed by atoms with Crippen molar-refractivity contribution < 1.29 is 12.8 Å². The van der Waals surface area contributed by atoms with E-state index in [9.17, 15) is 8.42 Å². The van der Waals surface area contributed by atoms with Crippen LogP contribution in [0.25, 0.3) is 11.5 Å². The van der Waals surface area contributed by atoms with Crippen LogP contribution in [0.4, 0.5) is 0 Å². The van der Waals surface area contributed by atoms with Crippen LogP contribution in [0.5, 0.6) is 0 Å². The standard InChI is InChI=1S/C16H21ClN4O3S/c1-25(22,23)18-10-12-6-4-5-9-21(12)11-15-19-20-16(24-15)13-7-2-3-8-14(13)17/h2-3,7-8,12,18H,4-6,9-11H2,1H3/t12-/m0/s1. The minimum absolute atomic E-state index is 0.124. The van der Waals surface area contributed by atoms with Crippen LogP contribution in [-0.2, 0) is 16.6 Å². The molecule has 0 radical (unpaired) electrons. The molecule has 3 rings (SSSR count). The van der Waals surface area contributed by atoms with Crippen LogP contribution in [0.1, 0.15) is 25.2 Å². The Balaban J connectivity index is 1.69. The third kappa shape index (κ3) is 5.01. The van der Waals surface area contributed by atoms with E-state index in [1.54, 1.807) is 6.07 Å². The summed E-state index contributed by atoms with van der Waals surface area (Å²) in [7, 11) is -3.20. The van der Waals surface area contributed by atoms with E-state index >= 15 is 0 Å². The van der Waals surface area contributed by atoms with Crippen LogP contribution in [0.3, 0.4) is 0 Å². The Morgan fingerprint density at radius 1 is 1.32 bits per heavy atom. The number of benzene rings is 1. The summed E-state index contributed by atoms with van der Waals surface area (Å²) in [5.74, 6) is 0.893. The van der Waals surface area contributed by atoms with E-state index in [0.717, 1.165) is 25.8 Å². The molecule has 9 heteroatoms. The predicted octanol–water partition coefficient (Wildman–Crippen LogP) is 2.29. The summed E-state index contributed by atoms with van der Waals surface area (Å²) in [6.45, 7) is 1.76. The van der Waals surface area contributed by atoms with Crippen molar-refractivity contribution in [3.05, 3.63) is 35.2 Å². The topological polar surface area (TPSA) is 88.3 Å². The second kappa shape index (κ2) is 7.82. The summed E-state index contributed by atoms with van der Waals surface area (Å²) in [4.78, 5) is 2.19. The Hall–Kier alpha value is -1.48. The molecule has 7 nitrogen and oxygen atoms in total. The van der Waals surface area contributed by atoms with Crippen molar-refractivity contribution in [2.45, 2.75) is 31.8 Å². The van der Waals surface area contributed by atoms with Crippen molar-refractivity contribution in [1.29, 1.82) is 0 Å². The van der Waals surface area contributed by atoms with E-state index in [4.69, 9.17) is 16.0 Å². The second-order valence-corrected chi connectivity index (χ2v) is 8.46. The SMILES string of the molecule is CS(=O)(=O)NC[C@@H]1CCCCN1Cc1nnc(-c2ccccc2Cl)o1. The fraction of sp³-hybridized carbons (Fsp3) is 0.500. The molecule has 1 aliphatic heterocycles. The van der Waals surface area contributed by atoms with Gasteiger partial charge in [-0.15, -0.1) is 10.2 Å². The van der Waals surface area contributed by atoms with Crippen LogP contribution in [-0.4, -0.2) is 48.9 Å². The van der Waals surface area contributed by atoms with Crippen LogP contribution in [0.15, 0.2) is 28.7 Å². The van der Waals surface area contributed by atoms with Crippen molar-refractivity contribution in [2.75, 3.05) is 19.3 Å². The molecule has 1 aromatic carbocycles. The van der Waals surface area contributed by atoms with Gasteiger partial charge in [0.1, 0.15) is 0 Å². The molecule has 1 atom stereocenters. The molecule has 25 heavy (non-hydrogen) atoms. The van der Waals surface area contributed by atoms with Gasteiger partial charge in [0.05, 0.1) is 23.4 Å². The second-order valence-electron chi connectivity index (χ2n) is 6.22. The highest BCUT2D eigenvalue weighted by atomic mass is 35.5. The Morgan fingerprint density at radius 2 is 2.12 bits per heavy atom. The third-order valence-electron chi connectivity index (χ3n) is 4.24. The van der Waals surface area contributed by atoms with E-state index in [-0.39, 0.29) is 6.04 Å². The average molecular weight is 385 g/mol. The molecule has 2 heterocycles. The number of likely N-dealkylation sites (tertiary alicyclic amines) is 1. The average Bonchev–Trinajstić information content (AvgIpc) is 3.02. The smallest absolute Gasteiger partial charge is 0.249 e. The zero-order valence-electron chi connectivity index (χ0n) is 14.0. The number of hydrogen-bond acceptors (Lipinski definition) is 6. The number of aromatic nitrogens is 2. The number of nitrogens with one attached hydrogen (secondary N) is 1. The number of sulfonamides is 1. The highest BCUT2D eigenvalue weighted by Crippen LogP contribution is 2.27. The Kier molecular flexibility index (Phi) is 5.73. The van der Waals surface area contributed by atoms with Crippen LogP contribution in [0, 0.1) is 0 Å². The largest absolute Gasteiger partial charge is 0.419 e. The third-order valence-corrected chi connectivity index (χ3v) is 5.26. The van der Waals surface area contributed by atoms with Gasteiger partial charge in [-0.05, 0) is 31.5 Å². The van der Waals surface area contributed by atoms with Crippen molar-refractivity contribution in [3.8, 4) is 11.5 Å². The van der Waals surface area contributed by atoms with Gasteiger partial charge in [-0.3, -0.25) is 4.90 Å². The minimum Gasteiger partial charge on any atom is -0.419 e. The first kappa shape index (κ1) is 18.3. The number of piperidine rings is 1. The lowest BCUT2D eigenvalue weighted by molar-refractivity contribution is 0.130. The molecule has 0 saturated carbocycles. The van der Waals surface area contributed by atoms with Gasteiger partial charge >= 0.3 is 0 Å². The molecular weight excluding hydrogens is 364 g/mol. The fourth-order valence-corrected chi connectivity index (χ4v) is 3.69. The zero-order valence-corrected chi connectivity index (χ0v) is 15.6. The Bertz CT molecular complexity index is 824. The highest BCUT2D eigenvalue weighted by Gasteiger charge is 2.25. The van der Waals surface area contributed by atoms with E-state index in [1.807, 2.05) is 18.2 Å². The molecule has 2 aromatic rings. The monoisotopic (exact) mass is 384 g/mol. The van der Waals surface area contributed by atoms with Gasteiger partial charge in [-0.2, -0.15) is 0 Å². The number of hydrogen-bond donors (Lipinski definition) is 1. The molecule has 1 aromatic heterocycles. The maximum atomic E-state index is 11.3. The molecular formula is C16H21ClN4O3S. The molecule has 136 valence electrons. The van der Waals surface area contributed by atoms with Crippen LogP contribution < -0.4 is 4.72 Å². The van der Waals surface area contributed by atoms with Crippen LogP contribution in [0.2, 0.25) is 5.02 Å². The normalized spacial score (nSPS) is 19.2. The first-order valence-corrected chi connectivity index (χ1v) is 10.5. The number of rotatable bonds is 6. The summed E-state index contributed by atoms with van der Waals surface area (Å²) in [6, 6.07) is 7.44. The van der Waals surface area contributed by atoms with Crippen molar-refractivity contribution in [1.82, 2.24) is 19.8 Å². The van der Waals surface area contributed by atoms with Crippen molar-refractivity contribution in [3.63, 3.8) is 0 Å². The van der Waals surface area contributed by atoms with E-state index in [2.05, 4.69) is 19.8 Å². The van der Waals surface area contributed by atoms with Gasteiger partial charge in [0.2, 0.25) is 21.8 Å². The molecule has 0 amide bonds. The summed E-state index contributed by atoms with van der Waals surface area (Å²) in [5.41, 5.74) is 0.705. The van der Waals surface area contributed by atoms with Gasteiger partial charge in [0.25, 0.3) is 0 Å². The quantitative estimate of drug-likeness (QED) is 0.822. The molecule has 0 spiro atoms. The number of nitrogens with zero attached hydrogens (tertiary/aromatic N) is 3. The summed E-state index contributed by atoms with van der Waals surface area (Å²) >= 11 is 6.16. The number of halogens is 1. The molecule has 0 unspecified atom stereocenters. The Labute approximate surface area is 152 Å². The first-order valence-electron chi connectivity index (χ1n) is 8.18. The lowest BCUT2D eigenvalue weighted by atomic mass is 10.0. The molecule has 1 N–H and O–H groups in total. The van der Waals surface area contributed by atoms with E-state index < -0.39 is 10.0 Å². The summed E-state index contributed by atoms with van der Waals surface area (Å²) in [5, 5.41) is 8.76. The van der Waals surface area contributed by atoms with Gasteiger partial charge < -0.3 is 4.42 Å². The Morgan fingerprint density at radius 3 is 2.88 bits per heavy atom.